The highest BCUT2D eigenvalue weighted by molar-refractivity contribution is 5.97. The molecule has 1 aromatic carbocycles. The van der Waals surface area contributed by atoms with Crippen molar-refractivity contribution in [1.82, 2.24) is 9.78 Å². The quantitative estimate of drug-likeness (QED) is 0.645. The fourth-order valence-electron chi connectivity index (χ4n) is 1.76. The number of nitrogens with one attached hydrogen (secondary N) is 2. The Morgan fingerprint density at radius 2 is 2.10 bits per heavy atom. The fourth-order valence-corrected chi connectivity index (χ4v) is 1.76. The van der Waals surface area contributed by atoms with Crippen molar-refractivity contribution in [1.29, 1.82) is 0 Å². The van der Waals surface area contributed by atoms with Gasteiger partial charge in [-0.15, -0.1) is 0 Å². The predicted octanol–water partition coefficient (Wildman–Crippen LogP) is 1.77. The molecule has 0 spiro atoms. The van der Waals surface area contributed by atoms with Crippen LogP contribution in [0.5, 0.6) is 0 Å². The van der Waals surface area contributed by atoms with E-state index >= 15 is 0 Å². The number of hydrogen-bond acceptors (Lipinski definition) is 5. The lowest BCUT2D eigenvalue weighted by Gasteiger charge is -2.13. The topological polar surface area (TPSA) is 102 Å². The average molecular weight is 289 g/mol. The third-order valence-corrected chi connectivity index (χ3v) is 2.83. The predicted molar refractivity (Wildman–Crippen MR) is 78.0 cm³/mol. The summed E-state index contributed by atoms with van der Waals surface area (Å²) in [7, 11) is 1.77. The summed E-state index contributed by atoms with van der Waals surface area (Å²) in [6.07, 6.45) is 1.75. The van der Waals surface area contributed by atoms with Crippen LogP contribution < -0.4 is 10.6 Å². The maximum atomic E-state index is 12.1. The molecule has 0 fully saturated rings. The number of benzene rings is 1. The molecule has 1 amide bonds. The van der Waals surface area contributed by atoms with E-state index in [4.69, 9.17) is 0 Å². The Bertz CT molecular complexity index is 667. The number of aryl methyl sites for hydroxylation is 1. The molecular formula is C13H15N5O3. The van der Waals surface area contributed by atoms with Crippen molar-refractivity contribution in [2.45, 2.75) is 13.0 Å². The maximum Gasteiger partial charge on any atom is 0.292 e. The highest BCUT2D eigenvalue weighted by Gasteiger charge is 2.18. The Kier molecular flexibility index (Phi) is 4.17. The third kappa shape index (κ3) is 3.56. The van der Waals surface area contributed by atoms with Gasteiger partial charge in [-0.3, -0.25) is 19.6 Å². The molecule has 21 heavy (non-hydrogen) atoms. The van der Waals surface area contributed by atoms with Gasteiger partial charge in [0.2, 0.25) is 5.91 Å². The van der Waals surface area contributed by atoms with Crippen LogP contribution in [0.3, 0.4) is 0 Å². The second-order valence-electron chi connectivity index (χ2n) is 4.50. The molecule has 110 valence electrons. The van der Waals surface area contributed by atoms with Crippen molar-refractivity contribution in [3.63, 3.8) is 0 Å². The van der Waals surface area contributed by atoms with Gasteiger partial charge in [0, 0.05) is 25.4 Å². The zero-order chi connectivity index (χ0) is 15.4. The number of amides is 1. The van der Waals surface area contributed by atoms with E-state index in [1.54, 1.807) is 43.0 Å². The summed E-state index contributed by atoms with van der Waals surface area (Å²) < 4.78 is 1.61. The number of carbonyl (C=O) groups excluding carboxylic acids is 1. The zero-order valence-corrected chi connectivity index (χ0v) is 11.6. The Morgan fingerprint density at radius 1 is 1.38 bits per heavy atom. The smallest absolute Gasteiger partial charge is 0.292 e. The molecule has 1 atom stereocenters. The van der Waals surface area contributed by atoms with Gasteiger partial charge in [-0.05, 0) is 13.0 Å². The van der Waals surface area contributed by atoms with Crippen LogP contribution in [-0.2, 0) is 11.8 Å². The van der Waals surface area contributed by atoms with Gasteiger partial charge in [0.05, 0.1) is 4.92 Å². The molecule has 2 N–H and O–H groups in total. The molecule has 0 radical (unpaired) electrons. The molecular weight excluding hydrogens is 274 g/mol. The second-order valence-corrected chi connectivity index (χ2v) is 4.50. The molecule has 1 heterocycles. The SMILES string of the molecule is CC(Nc1ccn(C)n1)C(=O)Nc1ccccc1[N+](=O)[O-]. The Morgan fingerprint density at radius 3 is 2.71 bits per heavy atom. The van der Waals surface area contributed by atoms with Crippen molar-refractivity contribution >= 4 is 23.1 Å². The lowest BCUT2D eigenvalue weighted by atomic mass is 10.2. The van der Waals surface area contributed by atoms with Crippen molar-refractivity contribution in [3.05, 3.63) is 46.6 Å². The van der Waals surface area contributed by atoms with E-state index in [9.17, 15) is 14.9 Å². The van der Waals surface area contributed by atoms with Crippen LogP contribution in [0.2, 0.25) is 0 Å². The molecule has 8 nitrogen and oxygen atoms in total. The summed E-state index contributed by atoms with van der Waals surface area (Å²) in [5.74, 6) is 0.178. The molecule has 0 saturated carbocycles. The van der Waals surface area contributed by atoms with Crippen molar-refractivity contribution < 1.29 is 9.72 Å². The van der Waals surface area contributed by atoms with E-state index in [2.05, 4.69) is 15.7 Å². The minimum atomic E-state index is -0.584. The van der Waals surface area contributed by atoms with Crippen LogP contribution in [0.1, 0.15) is 6.92 Å². The van der Waals surface area contributed by atoms with Crippen molar-refractivity contribution in [2.24, 2.45) is 7.05 Å². The number of anilines is 2. The highest BCUT2D eigenvalue weighted by atomic mass is 16.6. The summed E-state index contributed by atoms with van der Waals surface area (Å²) in [5.41, 5.74) is 0.0260. The molecule has 8 heteroatoms. The van der Waals surface area contributed by atoms with E-state index in [1.165, 1.54) is 12.1 Å². The lowest BCUT2D eigenvalue weighted by molar-refractivity contribution is -0.383. The van der Waals surface area contributed by atoms with Gasteiger partial charge >= 0.3 is 0 Å². The molecule has 0 saturated heterocycles. The first kappa shape index (κ1) is 14.5. The lowest BCUT2D eigenvalue weighted by Crippen LogP contribution is -2.32. The maximum absolute atomic E-state index is 12.1. The van der Waals surface area contributed by atoms with Crippen LogP contribution in [0, 0.1) is 10.1 Å². The molecule has 1 unspecified atom stereocenters. The van der Waals surface area contributed by atoms with E-state index in [0.717, 1.165) is 0 Å². The number of carbonyl (C=O) groups is 1. The average Bonchev–Trinajstić information content (AvgIpc) is 2.84. The van der Waals surface area contributed by atoms with Gasteiger partial charge in [-0.2, -0.15) is 5.10 Å². The van der Waals surface area contributed by atoms with Crippen LogP contribution in [-0.4, -0.2) is 26.7 Å². The van der Waals surface area contributed by atoms with Gasteiger partial charge in [0.25, 0.3) is 5.69 Å². The standard InChI is InChI=1S/C13H15N5O3/c1-9(14-12-7-8-17(2)16-12)13(19)15-10-5-3-4-6-11(10)18(20)21/h3-9H,1-2H3,(H,14,16)(H,15,19). The van der Waals surface area contributed by atoms with Gasteiger partial charge in [0.15, 0.2) is 0 Å². The monoisotopic (exact) mass is 289 g/mol. The third-order valence-electron chi connectivity index (χ3n) is 2.83. The first-order chi connectivity index (χ1) is 9.97. The summed E-state index contributed by atoms with van der Waals surface area (Å²) in [6, 6.07) is 7.15. The summed E-state index contributed by atoms with van der Waals surface area (Å²) >= 11 is 0. The van der Waals surface area contributed by atoms with Crippen LogP contribution in [0.15, 0.2) is 36.5 Å². The van der Waals surface area contributed by atoms with Crippen LogP contribution in [0.25, 0.3) is 0 Å². The number of nitro groups is 1. The molecule has 0 bridgehead atoms. The molecule has 1 aromatic heterocycles. The molecule has 0 aliphatic rings. The van der Waals surface area contributed by atoms with Crippen molar-refractivity contribution in [3.8, 4) is 0 Å². The first-order valence-electron chi connectivity index (χ1n) is 6.28. The van der Waals surface area contributed by atoms with E-state index in [-0.39, 0.29) is 17.3 Å². The van der Waals surface area contributed by atoms with Crippen LogP contribution in [0.4, 0.5) is 17.2 Å². The van der Waals surface area contributed by atoms with Gasteiger partial charge in [0.1, 0.15) is 17.5 Å². The highest BCUT2D eigenvalue weighted by Crippen LogP contribution is 2.23. The Balaban J connectivity index is 2.05. The molecule has 2 aromatic rings. The number of rotatable bonds is 5. The van der Waals surface area contributed by atoms with Gasteiger partial charge < -0.3 is 10.6 Å². The number of hydrogen-bond donors (Lipinski definition) is 2. The van der Waals surface area contributed by atoms with E-state index in [1.807, 2.05) is 0 Å². The van der Waals surface area contributed by atoms with E-state index < -0.39 is 11.0 Å². The number of nitro benzene ring substituents is 1. The summed E-state index contributed by atoms with van der Waals surface area (Å²) in [4.78, 5) is 22.4. The Hall–Kier alpha value is -2.90. The van der Waals surface area contributed by atoms with E-state index in [0.29, 0.717) is 5.82 Å². The fraction of sp³-hybridized carbons (Fsp3) is 0.231. The summed E-state index contributed by atoms with van der Waals surface area (Å²) in [6.45, 7) is 1.65. The first-order valence-corrected chi connectivity index (χ1v) is 6.28. The number of aromatic nitrogens is 2. The van der Waals surface area contributed by atoms with Gasteiger partial charge in [-0.25, -0.2) is 0 Å². The molecule has 0 aliphatic heterocycles. The zero-order valence-electron chi connectivity index (χ0n) is 11.6. The molecule has 0 aliphatic carbocycles. The van der Waals surface area contributed by atoms with Crippen LogP contribution >= 0.6 is 0 Å². The number of nitrogens with zero attached hydrogens (tertiary/aromatic N) is 3. The Labute approximate surface area is 120 Å². The normalized spacial score (nSPS) is 11.7. The van der Waals surface area contributed by atoms with Crippen molar-refractivity contribution in [2.75, 3.05) is 10.6 Å². The summed E-state index contributed by atoms with van der Waals surface area (Å²) in [5, 5.41) is 20.5. The number of para-hydroxylation sites is 2. The van der Waals surface area contributed by atoms with Gasteiger partial charge in [-0.1, -0.05) is 12.1 Å². The molecule has 2 rings (SSSR count). The minimum absolute atomic E-state index is 0.143. The minimum Gasteiger partial charge on any atom is -0.357 e. The largest absolute Gasteiger partial charge is 0.357 e. The second kappa shape index (κ2) is 6.04.